The zero-order valence-electron chi connectivity index (χ0n) is 18.3. The van der Waals surface area contributed by atoms with Crippen molar-refractivity contribution in [1.82, 2.24) is 14.8 Å². The second-order valence-electron chi connectivity index (χ2n) is 8.41. The Morgan fingerprint density at radius 1 is 1.09 bits per heavy atom. The van der Waals surface area contributed by atoms with E-state index in [-0.39, 0.29) is 5.88 Å². The van der Waals surface area contributed by atoms with Crippen LogP contribution >= 0.6 is 0 Å². The number of benzene rings is 2. The van der Waals surface area contributed by atoms with Gasteiger partial charge in [-0.25, -0.2) is 0 Å². The van der Waals surface area contributed by atoms with Crippen LogP contribution < -0.4 is 4.74 Å². The molecule has 5 rings (SSSR count). The molecule has 1 aliphatic heterocycles. The first-order valence-electron chi connectivity index (χ1n) is 11.0. The molecule has 2 atom stereocenters. The molecule has 4 aromatic rings. The van der Waals surface area contributed by atoms with Crippen molar-refractivity contribution in [2.75, 3.05) is 26.2 Å². The van der Waals surface area contributed by atoms with Crippen LogP contribution in [0, 0.1) is 10.1 Å². The quantitative estimate of drug-likeness (QED) is 0.326. The van der Waals surface area contributed by atoms with E-state index in [4.69, 9.17) is 9.15 Å². The van der Waals surface area contributed by atoms with E-state index < -0.39 is 17.3 Å². The Kier molecular flexibility index (Phi) is 5.76. The van der Waals surface area contributed by atoms with E-state index >= 15 is 0 Å². The van der Waals surface area contributed by atoms with Gasteiger partial charge < -0.3 is 19.2 Å². The minimum absolute atomic E-state index is 0.238. The highest BCUT2D eigenvalue weighted by Crippen LogP contribution is 2.34. The normalized spacial score (nSPS) is 17.4. The molecule has 0 radical (unpaired) electrons. The predicted molar refractivity (Wildman–Crippen MR) is 124 cm³/mol. The molecule has 2 unspecified atom stereocenters. The first-order chi connectivity index (χ1) is 16.0. The molecular formula is C24H26N4O5. The van der Waals surface area contributed by atoms with Crippen LogP contribution in [-0.2, 0) is 6.54 Å². The first-order valence-corrected chi connectivity index (χ1v) is 11.0. The maximum Gasteiger partial charge on any atom is 0.433 e. The molecule has 0 aliphatic carbocycles. The Hall–Kier alpha value is -3.40. The highest BCUT2D eigenvalue weighted by Gasteiger charge is 2.30. The van der Waals surface area contributed by atoms with E-state index in [0.717, 1.165) is 40.6 Å². The third-order valence-electron chi connectivity index (χ3n) is 6.13. The van der Waals surface area contributed by atoms with Gasteiger partial charge in [-0.15, -0.1) is 0 Å². The van der Waals surface area contributed by atoms with Crippen molar-refractivity contribution < 1.29 is 19.2 Å². The molecule has 1 aliphatic rings. The van der Waals surface area contributed by atoms with Crippen LogP contribution in [0.1, 0.15) is 12.7 Å². The van der Waals surface area contributed by atoms with E-state index in [1.807, 2.05) is 36.4 Å². The van der Waals surface area contributed by atoms with Gasteiger partial charge in [0.15, 0.2) is 6.23 Å². The lowest BCUT2D eigenvalue weighted by atomic mass is 10.1. The molecule has 2 N–H and O–H groups in total. The summed E-state index contributed by atoms with van der Waals surface area (Å²) in [6, 6.07) is 17.1. The van der Waals surface area contributed by atoms with E-state index in [0.29, 0.717) is 25.4 Å². The number of ether oxygens (including phenoxy) is 1. The van der Waals surface area contributed by atoms with Crippen LogP contribution in [0.2, 0.25) is 0 Å². The Morgan fingerprint density at radius 2 is 1.85 bits per heavy atom. The minimum Gasteiger partial charge on any atom is -0.472 e. The fourth-order valence-electron chi connectivity index (χ4n) is 4.52. The van der Waals surface area contributed by atoms with Crippen LogP contribution in [0.25, 0.3) is 21.8 Å². The summed E-state index contributed by atoms with van der Waals surface area (Å²) in [5.41, 5.74) is 2.04. The van der Waals surface area contributed by atoms with Crippen molar-refractivity contribution in [3.05, 3.63) is 70.5 Å². The molecule has 33 heavy (non-hydrogen) atoms. The van der Waals surface area contributed by atoms with Crippen LogP contribution in [0.15, 0.2) is 59.0 Å². The van der Waals surface area contributed by atoms with E-state index in [1.165, 1.54) is 6.07 Å². The first kappa shape index (κ1) is 21.4. The zero-order chi connectivity index (χ0) is 22.9. The number of nitrogens with zero attached hydrogens (tertiary/aromatic N) is 3. The summed E-state index contributed by atoms with van der Waals surface area (Å²) >= 11 is 0. The lowest BCUT2D eigenvalue weighted by molar-refractivity contribution is -0.402. The maximum atomic E-state index is 10.8. The molecular weight excluding hydrogens is 424 g/mol. The molecule has 0 amide bonds. The summed E-state index contributed by atoms with van der Waals surface area (Å²) < 4.78 is 11.7. The van der Waals surface area contributed by atoms with E-state index in [9.17, 15) is 15.2 Å². The maximum absolute atomic E-state index is 10.8. The van der Waals surface area contributed by atoms with Gasteiger partial charge in [0.25, 0.3) is 0 Å². The lowest BCUT2D eigenvalue weighted by Crippen LogP contribution is -2.55. The van der Waals surface area contributed by atoms with Crippen molar-refractivity contribution in [3.63, 3.8) is 0 Å². The summed E-state index contributed by atoms with van der Waals surface area (Å²) in [6.45, 7) is 5.12. The second kappa shape index (κ2) is 8.86. The third kappa shape index (κ3) is 4.30. The topological polar surface area (TPSA) is 108 Å². The summed E-state index contributed by atoms with van der Waals surface area (Å²) in [5.74, 6) is 1.07. The number of nitrogens with one attached hydrogen (secondary N) is 1. The Labute approximate surface area is 190 Å². The molecule has 172 valence electrons. The summed E-state index contributed by atoms with van der Waals surface area (Å²) in [4.78, 5) is 18.0. The molecule has 0 bridgehead atoms. The number of fused-ring (bicyclic) bond motifs is 3. The fraction of sp³-hybridized carbons (Fsp3) is 0.333. The summed E-state index contributed by atoms with van der Waals surface area (Å²) in [5, 5.41) is 23.5. The number of aromatic nitrogens is 1. The fourth-order valence-corrected chi connectivity index (χ4v) is 4.52. The molecule has 1 fully saturated rings. The van der Waals surface area contributed by atoms with Gasteiger partial charge in [-0.1, -0.05) is 24.3 Å². The number of hydrogen-bond acceptors (Lipinski definition) is 7. The van der Waals surface area contributed by atoms with E-state index in [1.54, 1.807) is 13.0 Å². The number of hydrogen-bond donors (Lipinski definition) is 2. The number of para-hydroxylation sites is 1. The largest absolute Gasteiger partial charge is 0.472 e. The Morgan fingerprint density at radius 3 is 2.58 bits per heavy atom. The van der Waals surface area contributed by atoms with Crippen molar-refractivity contribution in [2.24, 2.45) is 0 Å². The number of furan rings is 1. The van der Waals surface area contributed by atoms with Crippen molar-refractivity contribution in [3.8, 4) is 5.75 Å². The van der Waals surface area contributed by atoms with Gasteiger partial charge >= 0.3 is 5.88 Å². The van der Waals surface area contributed by atoms with Crippen LogP contribution in [0.5, 0.6) is 5.75 Å². The van der Waals surface area contributed by atoms with Crippen molar-refractivity contribution in [1.29, 1.82) is 0 Å². The van der Waals surface area contributed by atoms with Gasteiger partial charge in [0.1, 0.15) is 22.5 Å². The van der Waals surface area contributed by atoms with Gasteiger partial charge in [0.05, 0.1) is 18.1 Å². The highest BCUT2D eigenvalue weighted by atomic mass is 16.6. The van der Waals surface area contributed by atoms with Crippen molar-refractivity contribution >= 4 is 27.7 Å². The van der Waals surface area contributed by atoms with E-state index in [2.05, 4.69) is 20.9 Å². The molecule has 0 spiro atoms. The second-order valence-corrected chi connectivity index (χ2v) is 8.41. The Balaban J connectivity index is 1.30. The monoisotopic (exact) mass is 450 g/mol. The van der Waals surface area contributed by atoms with Crippen LogP contribution in [-0.4, -0.2) is 63.3 Å². The molecule has 0 saturated carbocycles. The van der Waals surface area contributed by atoms with Gasteiger partial charge in [-0.05, 0) is 31.2 Å². The van der Waals surface area contributed by atoms with Gasteiger partial charge in [0.2, 0.25) is 0 Å². The Bertz CT molecular complexity index is 1270. The molecule has 1 saturated heterocycles. The van der Waals surface area contributed by atoms with Gasteiger partial charge in [-0.3, -0.25) is 19.9 Å². The predicted octanol–water partition coefficient (Wildman–Crippen LogP) is 3.73. The number of aliphatic hydroxyl groups is 1. The molecule has 2 aromatic heterocycles. The molecule has 3 heterocycles. The SMILES string of the molecule is CC(O)C(Oc1cccc2[nH]c3ccccc3c12)N1CCN(Cc2ccc([N+](=O)[O-])o2)CC1. The average Bonchev–Trinajstić information content (AvgIpc) is 3.43. The average molecular weight is 450 g/mol. The number of nitro groups is 1. The zero-order valence-corrected chi connectivity index (χ0v) is 18.3. The molecule has 9 nitrogen and oxygen atoms in total. The van der Waals surface area contributed by atoms with Gasteiger partial charge in [-0.2, -0.15) is 0 Å². The smallest absolute Gasteiger partial charge is 0.433 e. The number of aliphatic hydroxyl groups excluding tert-OH is 1. The number of piperazine rings is 1. The molecule has 9 heteroatoms. The molecule has 2 aromatic carbocycles. The van der Waals surface area contributed by atoms with Crippen LogP contribution in [0.4, 0.5) is 5.88 Å². The number of aromatic amines is 1. The standard InChI is InChI=1S/C24H26N4O5/c1-16(29)24(27-13-11-26(12-14-27)15-17-9-10-22(32-17)28(30)31)33-21-8-4-7-20-23(21)18-5-2-3-6-19(18)25-20/h2-10,16,24-25,29H,11-15H2,1H3. The lowest BCUT2D eigenvalue weighted by Gasteiger charge is -2.39. The van der Waals surface area contributed by atoms with Gasteiger partial charge in [0, 0.05) is 42.5 Å². The number of rotatable bonds is 7. The summed E-state index contributed by atoms with van der Waals surface area (Å²) in [7, 11) is 0. The third-order valence-corrected chi connectivity index (χ3v) is 6.13. The van der Waals surface area contributed by atoms with Crippen molar-refractivity contribution in [2.45, 2.75) is 25.8 Å². The number of H-pyrrole nitrogens is 1. The highest BCUT2D eigenvalue weighted by molar-refractivity contribution is 6.10. The van der Waals surface area contributed by atoms with Crippen LogP contribution in [0.3, 0.4) is 0 Å². The summed E-state index contributed by atoms with van der Waals surface area (Å²) in [6.07, 6.45) is -1.18. The minimum atomic E-state index is -0.690.